The van der Waals surface area contributed by atoms with Crippen molar-refractivity contribution in [3.05, 3.63) is 73.9 Å². The van der Waals surface area contributed by atoms with E-state index in [-0.39, 0.29) is 32.2 Å². The van der Waals surface area contributed by atoms with Gasteiger partial charge in [0.15, 0.2) is 5.13 Å². The summed E-state index contributed by atoms with van der Waals surface area (Å²) in [5.74, 6) is -1.05. The fourth-order valence-electron chi connectivity index (χ4n) is 2.27. The van der Waals surface area contributed by atoms with Crippen LogP contribution in [0.15, 0.2) is 47.5 Å². The SMILES string of the molecule is O=C(NCc1ccc(F)c(Cl)c1)c1ccc(S(=O)(=O)Nc2ncc(Cl)s2)c(Cl)c1. The number of hydrogen-bond acceptors (Lipinski definition) is 5. The van der Waals surface area contributed by atoms with Gasteiger partial charge in [-0.3, -0.25) is 9.52 Å². The van der Waals surface area contributed by atoms with Gasteiger partial charge in [-0.15, -0.1) is 0 Å². The summed E-state index contributed by atoms with van der Waals surface area (Å²) in [6.07, 6.45) is 1.31. The Morgan fingerprint density at radius 2 is 1.86 bits per heavy atom. The molecule has 1 amide bonds. The average molecular weight is 495 g/mol. The number of nitrogens with zero attached hydrogens (tertiary/aromatic N) is 1. The van der Waals surface area contributed by atoms with E-state index in [1.165, 1.54) is 42.6 Å². The molecule has 3 aromatic rings. The van der Waals surface area contributed by atoms with Crippen molar-refractivity contribution in [3.63, 3.8) is 0 Å². The number of carbonyl (C=O) groups excluding carboxylic acids is 1. The molecule has 0 fully saturated rings. The number of carbonyl (C=O) groups is 1. The van der Waals surface area contributed by atoms with Crippen molar-refractivity contribution in [1.29, 1.82) is 0 Å². The Bertz CT molecular complexity index is 1190. The first-order valence-corrected chi connectivity index (χ1v) is 11.2. The van der Waals surface area contributed by atoms with Gasteiger partial charge in [0.25, 0.3) is 15.9 Å². The number of amides is 1. The predicted octanol–water partition coefficient (Wildman–Crippen LogP) is 4.97. The fraction of sp³-hybridized carbons (Fsp3) is 0.0588. The zero-order valence-electron chi connectivity index (χ0n) is 14.2. The van der Waals surface area contributed by atoms with Crippen molar-refractivity contribution in [2.75, 3.05) is 4.72 Å². The number of rotatable bonds is 6. The average Bonchev–Trinajstić information content (AvgIpc) is 3.06. The van der Waals surface area contributed by atoms with E-state index >= 15 is 0 Å². The van der Waals surface area contributed by atoms with Crippen LogP contribution in [0, 0.1) is 5.82 Å². The molecule has 1 aromatic heterocycles. The summed E-state index contributed by atoms with van der Waals surface area (Å²) in [7, 11) is -4.01. The van der Waals surface area contributed by atoms with Gasteiger partial charge in [-0.2, -0.15) is 0 Å². The van der Waals surface area contributed by atoms with Crippen LogP contribution in [0.4, 0.5) is 9.52 Å². The minimum absolute atomic E-state index is 0.0524. The number of sulfonamides is 1. The van der Waals surface area contributed by atoms with E-state index in [1.807, 2.05) is 0 Å². The van der Waals surface area contributed by atoms with Crippen LogP contribution in [0.25, 0.3) is 0 Å². The first-order valence-electron chi connectivity index (χ1n) is 7.81. The lowest BCUT2D eigenvalue weighted by Crippen LogP contribution is -2.23. The molecule has 1 heterocycles. The third kappa shape index (κ3) is 5.37. The van der Waals surface area contributed by atoms with E-state index in [0.717, 1.165) is 11.3 Å². The third-order valence-corrected chi connectivity index (χ3v) is 6.89. The van der Waals surface area contributed by atoms with Crippen LogP contribution in [0.2, 0.25) is 14.4 Å². The van der Waals surface area contributed by atoms with Crippen molar-refractivity contribution < 1.29 is 17.6 Å². The highest BCUT2D eigenvalue weighted by molar-refractivity contribution is 7.93. The molecule has 2 aromatic carbocycles. The number of nitrogens with one attached hydrogen (secondary N) is 2. The van der Waals surface area contributed by atoms with Crippen molar-refractivity contribution in [2.45, 2.75) is 11.4 Å². The number of halogens is 4. The summed E-state index contributed by atoms with van der Waals surface area (Å²) in [6, 6.07) is 7.85. The largest absolute Gasteiger partial charge is 0.348 e. The summed E-state index contributed by atoms with van der Waals surface area (Å²) < 4.78 is 40.7. The number of aromatic nitrogens is 1. The summed E-state index contributed by atoms with van der Waals surface area (Å²) in [4.78, 5) is 15.9. The maximum atomic E-state index is 13.2. The van der Waals surface area contributed by atoms with E-state index in [9.17, 15) is 17.6 Å². The quantitative estimate of drug-likeness (QED) is 0.506. The second kappa shape index (κ2) is 8.85. The molecule has 2 N–H and O–H groups in total. The van der Waals surface area contributed by atoms with Gasteiger partial charge >= 0.3 is 0 Å². The van der Waals surface area contributed by atoms with E-state index in [2.05, 4.69) is 15.0 Å². The molecule has 0 saturated carbocycles. The lowest BCUT2D eigenvalue weighted by atomic mass is 10.2. The van der Waals surface area contributed by atoms with Crippen molar-refractivity contribution in [1.82, 2.24) is 10.3 Å². The molecule has 3 rings (SSSR count). The molecule has 0 bridgehead atoms. The molecule has 0 unspecified atom stereocenters. The molecule has 6 nitrogen and oxygen atoms in total. The Morgan fingerprint density at radius 3 is 2.48 bits per heavy atom. The van der Waals surface area contributed by atoms with Crippen molar-refractivity contribution in [3.8, 4) is 0 Å². The minimum Gasteiger partial charge on any atom is -0.348 e. The van der Waals surface area contributed by atoms with E-state index < -0.39 is 21.7 Å². The number of thiazole rings is 1. The molecule has 0 saturated heterocycles. The Labute approximate surface area is 184 Å². The number of benzene rings is 2. The summed E-state index contributed by atoms with van der Waals surface area (Å²) in [6.45, 7) is 0.100. The standard InChI is InChI=1S/C17H11Cl3FN3O3S2/c18-11-5-9(1-3-13(11)21)7-22-16(25)10-2-4-14(12(19)6-10)29(26,27)24-17-23-8-15(20)28-17/h1-6,8H,7H2,(H,22,25)(H,23,24). The smallest absolute Gasteiger partial charge is 0.265 e. The van der Waals surface area contributed by atoms with Gasteiger partial charge in [0.1, 0.15) is 15.0 Å². The van der Waals surface area contributed by atoms with Crippen LogP contribution < -0.4 is 10.0 Å². The maximum absolute atomic E-state index is 13.2. The summed E-state index contributed by atoms with van der Waals surface area (Å²) in [5, 5.41) is 2.52. The molecule has 0 aliphatic heterocycles. The van der Waals surface area contributed by atoms with Gasteiger partial charge < -0.3 is 5.32 Å². The highest BCUT2D eigenvalue weighted by Gasteiger charge is 2.21. The van der Waals surface area contributed by atoms with Gasteiger partial charge in [-0.25, -0.2) is 17.8 Å². The topological polar surface area (TPSA) is 88.2 Å². The third-order valence-electron chi connectivity index (χ3n) is 3.62. The Kier molecular flexibility index (Phi) is 6.65. The Balaban J connectivity index is 1.72. The lowest BCUT2D eigenvalue weighted by molar-refractivity contribution is 0.0951. The maximum Gasteiger partial charge on any atom is 0.265 e. The zero-order chi connectivity index (χ0) is 21.2. The number of anilines is 1. The second-order valence-corrected chi connectivity index (χ2v) is 9.78. The number of hydrogen-bond donors (Lipinski definition) is 2. The molecular weight excluding hydrogens is 484 g/mol. The molecule has 0 aliphatic rings. The summed E-state index contributed by atoms with van der Waals surface area (Å²) in [5.41, 5.74) is 0.751. The monoisotopic (exact) mass is 493 g/mol. The highest BCUT2D eigenvalue weighted by atomic mass is 35.5. The fourth-order valence-corrected chi connectivity index (χ4v) is 5.07. The van der Waals surface area contributed by atoms with Crippen molar-refractivity contribution in [2.24, 2.45) is 0 Å². The molecule has 29 heavy (non-hydrogen) atoms. The molecule has 152 valence electrons. The normalized spacial score (nSPS) is 11.3. The molecular formula is C17H11Cl3FN3O3S2. The van der Waals surface area contributed by atoms with Crippen LogP contribution in [-0.2, 0) is 16.6 Å². The molecule has 0 aliphatic carbocycles. The van der Waals surface area contributed by atoms with E-state index in [0.29, 0.717) is 9.90 Å². The molecule has 0 radical (unpaired) electrons. The Morgan fingerprint density at radius 1 is 1.10 bits per heavy atom. The van der Waals surface area contributed by atoms with Crippen LogP contribution in [-0.4, -0.2) is 19.3 Å². The van der Waals surface area contributed by atoms with E-state index in [1.54, 1.807) is 0 Å². The highest BCUT2D eigenvalue weighted by Crippen LogP contribution is 2.28. The van der Waals surface area contributed by atoms with Gasteiger partial charge in [-0.1, -0.05) is 52.2 Å². The van der Waals surface area contributed by atoms with Crippen LogP contribution in [0.5, 0.6) is 0 Å². The Hall–Kier alpha value is -1.91. The molecule has 0 spiro atoms. The second-order valence-electron chi connectivity index (χ2n) is 5.65. The van der Waals surface area contributed by atoms with Gasteiger partial charge in [0.2, 0.25) is 0 Å². The van der Waals surface area contributed by atoms with Gasteiger partial charge in [0, 0.05) is 12.1 Å². The zero-order valence-corrected chi connectivity index (χ0v) is 18.1. The van der Waals surface area contributed by atoms with Crippen LogP contribution >= 0.6 is 46.1 Å². The lowest BCUT2D eigenvalue weighted by Gasteiger charge is -2.10. The first kappa shape index (κ1) is 21.8. The van der Waals surface area contributed by atoms with E-state index in [4.69, 9.17) is 34.8 Å². The molecule has 0 atom stereocenters. The summed E-state index contributed by atoms with van der Waals surface area (Å²) >= 11 is 18.5. The van der Waals surface area contributed by atoms with Crippen LogP contribution in [0.1, 0.15) is 15.9 Å². The molecule has 12 heteroatoms. The predicted molar refractivity (Wildman–Crippen MR) is 112 cm³/mol. The minimum atomic E-state index is -4.01. The van der Waals surface area contributed by atoms with Crippen LogP contribution in [0.3, 0.4) is 0 Å². The van der Waals surface area contributed by atoms with Gasteiger partial charge in [0.05, 0.1) is 16.2 Å². The van der Waals surface area contributed by atoms with Gasteiger partial charge in [-0.05, 0) is 35.9 Å². The first-order chi connectivity index (χ1) is 13.7. The van der Waals surface area contributed by atoms with Crippen molar-refractivity contribution >= 4 is 67.2 Å².